The second-order valence-electron chi connectivity index (χ2n) is 6.30. The summed E-state index contributed by atoms with van der Waals surface area (Å²) >= 11 is 1.86. The average Bonchev–Trinajstić information content (AvgIpc) is 3.21. The van der Waals surface area contributed by atoms with Crippen LogP contribution in [-0.2, 0) is 11.2 Å². The molecule has 21 heavy (non-hydrogen) atoms. The maximum Gasteiger partial charge on any atom is 0.228 e. The Bertz CT molecular complexity index is 494. The zero-order chi connectivity index (χ0) is 14.7. The van der Waals surface area contributed by atoms with Gasteiger partial charge in [-0.25, -0.2) is 0 Å². The van der Waals surface area contributed by atoms with Crippen LogP contribution in [0.3, 0.4) is 0 Å². The van der Waals surface area contributed by atoms with Crippen LogP contribution in [0, 0.1) is 11.3 Å². The highest BCUT2D eigenvalue weighted by Gasteiger charge is 2.57. The van der Waals surface area contributed by atoms with E-state index in [0.717, 1.165) is 50.2 Å². The summed E-state index contributed by atoms with van der Waals surface area (Å²) in [6, 6.07) is 8.31. The van der Waals surface area contributed by atoms with Crippen molar-refractivity contribution in [1.82, 2.24) is 5.32 Å². The largest absolute Gasteiger partial charge is 0.326 e. The molecular formula is C17H24N2OS. The number of rotatable bonds is 5. The minimum absolute atomic E-state index is 0.216. The van der Waals surface area contributed by atoms with E-state index in [9.17, 15) is 4.79 Å². The van der Waals surface area contributed by atoms with Crippen LogP contribution in [-0.4, -0.2) is 31.0 Å². The van der Waals surface area contributed by atoms with Crippen molar-refractivity contribution in [3.8, 4) is 0 Å². The van der Waals surface area contributed by atoms with Crippen LogP contribution >= 0.6 is 11.8 Å². The van der Waals surface area contributed by atoms with Gasteiger partial charge in [0.05, 0.1) is 0 Å². The fraction of sp³-hybridized carbons (Fsp3) is 0.588. The van der Waals surface area contributed by atoms with Gasteiger partial charge in [0.2, 0.25) is 5.91 Å². The number of amides is 1. The molecule has 0 bridgehead atoms. The Hall–Kier alpha value is -1.00. The maximum atomic E-state index is 12.4. The third-order valence-corrected chi connectivity index (χ3v) is 5.53. The van der Waals surface area contributed by atoms with Gasteiger partial charge < -0.3 is 10.6 Å². The zero-order valence-electron chi connectivity index (χ0n) is 12.7. The molecule has 1 aromatic rings. The molecule has 1 spiro atoms. The topological polar surface area (TPSA) is 41.1 Å². The number of carbonyl (C=O) groups is 1. The Morgan fingerprint density at radius 2 is 2.05 bits per heavy atom. The van der Waals surface area contributed by atoms with Crippen molar-refractivity contribution in [1.29, 1.82) is 0 Å². The van der Waals surface area contributed by atoms with Crippen molar-refractivity contribution in [3.63, 3.8) is 0 Å². The lowest BCUT2D eigenvalue weighted by Crippen LogP contribution is -2.31. The minimum Gasteiger partial charge on any atom is -0.326 e. The lowest BCUT2D eigenvalue weighted by molar-refractivity contribution is -0.118. The van der Waals surface area contributed by atoms with Crippen molar-refractivity contribution in [2.75, 3.05) is 30.4 Å². The third kappa shape index (κ3) is 3.43. The standard InChI is InChI=1S/C17H24N2OS/c1-21-11-6-13-2-4-14(5-3-13)19-16(20)15-12-17(15)7-9-18-10-8-17/h2-5,15,18H,6-12H2,1H3,(H,19,20). The predicted molar refractivity (Wildman–Crippen MR) is 89.8 cm³/mol. The second-order valence-corrected chi connectivity index (χ2v) is 7.28. The second kappa shape index (κ2) is 6.41. The number of nitrogens with one attached hydrogen (secondary N) is 2. The van der Waals surface area contributed by atoms with Crippen LogP contribution in [0.2, 0.25) is 0 Å². The Kier molecular flexibility index (Phi) is 4.55. The van der Waals surface area contributed by atoms with Crippen LogP contribution in [0.5, 0.6) is 0 Å². The first-order chi connectivity index (χ1) is 10.2. The molecule has 2 fully saturated rings. The molecular weight excluding hydrogens is 280 g/mol. The van der Waals surface area contributed by atoms with E-state index >= 15 is 0 Å². The average molecular weight is 304 g/mol. The highest BCUT2D eigenvalue weighted by Crippen LogP contribution is 2.58. The van der Waals surface area contributed by atoms with E-state index in [-0.39, 0.29) is 11.8 Å². The van der Waals surface area contributed by atoms with Gasteiger partial charge in [-0.05, 0) is 73.9 Å². The summed E-state index contributed by atoms with van der Waals surface area (Å²) in [5, 5.41) is 6.47. The highest BCUT2D eigenvalue weighted by molar-refractivity contribution is 7.98. The summed E-state index contributed by atoms with van der Waals surface area (Å²) in [5.41, 5.74) is 2.58. The SMILES string of the molecule is CSCCc1ccc(NC(=O)C2CC23CCNCC3)cc1. The van der Waals surface area contributed by atoms with Crippen molar-refractivity contribution in [2.45, 2.75) is 25.7 Å². The van der Waals surface area contributed by atoms with Crippen LogP contribution in [0.4, 0.5) is 5.69 Å². The smallest absolute Gasteiger partial charge is 0.228 e. The zero-order valence-corrected chi connectivity index (χ0v) is 13.5. The van der Waals surface area contributed by atoms with Crippen LogP contribution < -0.4 is 10.6 Å². The Balaban J connectivity index is 1.53. The van der Waals surface area contributed by atoms with Gasteiger partial charge in [0.1, 0.15) is 0 Å². The number of aryl methyl sites for hydroxylation is 1. The van der Waals surface area contributed by atoms with Gasteiger partial charge in [0, 0.05) is 11.6 Å². The highest BCUT2D eigenvalue weighted by atomic mass is 32.2. The molecule has 1 heterocycles. The summed E-state index contributed by atoms with van der Waals surface area (Å²) in [6.07, 6.45) is 6.60. The lowest BCUT2D eigenvalue weighted by Gasteiger charge is -2.23. The Morgan fingerprint density at radius 1 is 1.33 bits per heavy atom. The molecule has 1 aromatic carbocycles. The van der Waals surface area contributed by atoms with Crippen LogP contribution in [0.25, 0.3) is 0 Å². The molecule has 3 rings (SSSR count). The van der Waals surface area contributed by atoms with E-state index in [1.807, 2.05) is 23.9 Å². The number of hydrogen-bond acceptors (Lipinski definition) is 3. The molecule has 1 unspecified atom stereocenters. The number of hydrogen-bond donors (Lipinski definition) is 2. The summed E-state index contributed by atoms with van der Waals surface area (Å²) < 4.78 is 0. The first-order valence-electron chi connectivity index (χ1n) is 7.83. The molecule has 114 valence electrons. The predicted octanol–water partition coefficient (Wildman–Crippen LogP) is 2.92. The molecule has 0 aromatic heterocycles. The van der Waals surface area contributed by atoms with E-state index in [0.29, 0.717) is 5.41 Å². The lowest BCUT2D eigenvalue weighted by atomic mass is 9.92. The van der Waals surface area contributed by atoms with E-state index < -0.39 is 0 Å². The molecule has 1 atom stereocenters. The number of piperidine rings is 1. The number of anilines is 1. The third-order valence-electron chi connectivity index (χ3n) is 4.92. The monoisotopic (exact) mass is 304 g/mol. The van der Waals surface area contributed by atoms with Crippen LogP contribution in [0.15, 0.2) is 24.3 Å². The van der Waals surface area contributed by atoms with Crippen molar-refractivity contribution in [2.24, 2.45) is 11.3 Å². The molecule has 1 amide bonds. The van der Waals surface area contributed by atoms with E-state index in [4.69, 9.17) is 0 Å². The van der Waals surface area contributed by atoms with Gasteiger partial charge in [-0.2, -0.15) is 11.8 Å². The molecule has 1 aliphatic heterocycles. The molecule has 3 nitrogen and oxygen atoms in total. The normalized spacial score (nSPS) is 23.0. The Morgan fingerprint density at radius 3 is 2.71 bits per heavy atom. The van der Waals surface area contributed by atoms with Crippen molar-refractivity contribution >= 4 is 23.4 Å². The van der Waals surface area contributed by atoms with Crippen LogP contribution in [0.1, 0.15) is 24.8 Å². The molecule has 0 radical (unpaired) electrons. The number of thioether (sulfide) groups is 1. The van der Waals surface area contributed by atoms with Crippen molar-refractivity contribution in [3.05, 3.63) is 29.8 Å². The van der Waals surface area contributed by atoms with Gasteiger partial charge in [-0.1, -0.05) is 12.1 Å². The first-order valence-corrected chi connectivity index (χ1v) is 9.22. The minimum atomic E-state index is 0.216. The fourth-order valence-electron chi connectivity index (χ4n) is 3.40. The number of benzene rings is 1. The fourth-order valence-corrected chi connectivity index (χ4v) is 3.84. The Labute approximate surface area is 131 Å². The van der Waals surface area contributed by atoms with Gasteiger partial charge in [0.15, 0.2) is 0 Å². The van der Waals surface area contributed by atoms with E-state index in [2.05, 4.69) is 29.0 Å². The van der Waals surface area contributed by atoms with E-state index in [1.165, 1.54) is 5.56 Å². The molecule has 1 saturated carbocycles. The molecule has 4 heteroatoms. The molecule has 1 saturated heterocycles. The molecule has 1 aliphatic carbocycles. The molecule has 2 N–H and O–H groups in total. The molecule has 2 aliphatic rings. The van der Waals surface area contributed by atoms with Gasteiger partial charge in [-0.15, -0.1) is 0 Å². The summed E-state index contributed by atoms with van der Waals surface area (Å²) in [7, 11) is 0. The maximum absolute atomic E-state index is 12.4. The van der Waals surface area contributed by atoms with Crippen molar-refractivity contribution < 1.29 is 4.79 Å². The van der Waals surface area contributed by atoms with E-state index in [1.54, 1.807) is 0 Å². The summed E-state index contributed by atoms with van der Waals surface area (Å²) in [5.74, 6) is 1.59. The summed E-state index contributed by atoms with van der Waals surface area (Å²) in [4.78, 5) is 12.4. The number of carbonyl (C=O) groups excluding carboxylic acids is 1. The quantitative estimate of drug-likeness (QED) is 0.879. The van der Waals surface area contributed by atoms with Gasteiger partial charge in [-0.3, -0.25) is 4.79 Å². The van der Waals surface area contributed by atoms with Gasteiger partial charge in [0.25, 0.3) is 0 Å². The summed E-state index contributed by atoms with van der Waals surface area (Å²) in [6.45, 7) is 2.13. The van der Waals surface area contributed by atoms with Gasteiger partial charge >= 0.3 is 0 Å². The first kappa shape index (κ1) is 14.9.